The zero-order valence-corrected chi connectivity index (χ0v) is 18.2. The number of hydrogen-bond donors (Lipinski definition) is 3. The van der Waals surface area contributed by atoms with Crippen LogP contribution in [0.3, 0.4) is 0 Å². The fraction of sp³-hybridized carbons (Fsp3) is 1.00. The molecule has 3 unspecified atom stereocenters. The molecule has 158 valence electrons. The molecule has 3 nitrogen and oxygen atoms in total. The van der Waals surface area contributed by atoms with Gasteiger partial charge in [0.1, 0.15) is 0 Å². The average Bonchev–Trinajstić information content (AvgIpc) is 2.64. The van der Waals surface area contributed by atoms with Gasteiger partial charge in [0.25, 0.3) is 0 Å². The van der Waals surface area contributed by atoms with E-state index in [1.165, 1.54) is 89.9 Å². The molecule has 0 spiro atoms. The topological polar surface area (TPSA) is 78.1 Å². The molecule has 0 radical (unpaired) electrons. The minimum Gasteiger partial charge on any atom is -0.330 e. The highest BCUT2D eigenvalue weighted by Crippen LogP contribution is 2.24. The van der Waals surface area contributed by atoms with Crippen molar-refractivity contribution in [1.29, 1.82) is 0 Å². The van der Waals surface area contributed by atoms with E-state index in [0.717, 1.165) is 31.7 Å². The molecule has 0 aromatic rings. The number of rotatable bonds is 20. The maximum Gasteiger partial charge on any atom is 0.00414 e. The van der Waals surface area contributed by atoms with Crippen molar-refractivity contribution in [1.82, 2.24) is 0 Å². The van der Waals surface area contributed by atoms with Crippen LogP contribution in [-0.2, 0) is 0 Å². The maximum atomic E-state index is 6.41. The van der Waals surface area contributed by atoms with Gasteiger partial charge < -0.3 is 17.2 Å². The Kier molecular flexibility index (Phi) is 19.5. The molecule has 0 aliphatic rings. The van der Waals surface area contributed by atoms with Gasteiger partial charge >= 0.3 is 0 Å². The molecule has 0 aromatic carbocycles. The van der Waals surface area contributed by atoms with Crippen molar-refractivity contribution >= 4 is 0 Å². The van der Waals surface area contributed by atoms with Crippen LogP contribution in [0.15, 0.2) is 0 Å². The summed E-state index contributed by atoms with van der Waals surface area (Å²) < 4.78 is 0. The first-order valence-corrected chi connectivity index (χ1v) is 11.8. The molecular formula is C23H51N3. The quantitative estimate of drug-likeness (QED) is 0.234. The van der Waals surface area contributed by atoms with Crippen LogP contribution in [-0.4, -0.2) is 18.6 Å². The highest BCUT2D eigenvalue weighted by molar-refractivity contribution is 4.70. The van der Waals surface area contributed by atoms with Crippen molar-refractivity contribution in [3.05, 3.63) is 0 Å². The molecule has 0 bridgehead atoms. The highest BCUT2D eigenvalue weighted by Gasteiger charge is 2.14. The van der Waals surface area contributed by atoms with Crippen molar-refractivity contribution in [2.75, 3.05) is 6.54 Å². The summed E-state index contributed by atoms with van der Waals surface area (Å²) in [6, 6.07) is 0.759. The Morgan fingerprint density at radius 3 is 1.69 bits per heavy atom. The monoisotopic (exact) mass is 369 g/mol. The van der Waals surface area contributed by atoms with Crippen molar-refractivity contribution in [3.8, 4) is 0 Å². The van der Waals surface area contributed by atoms with Crippen LogP contribution < -0.4 is 17.2 Å². The summed E-state index contributed by atoms with van der Waals surface area (Å²) in [6.45, 7) is 5.31. The summed E-state index contributed by atoms with van der Waals surface area (Å²) >= 11 is 0. The van der Waals surface area contributed by atoms with Gasteiger partial charge in [0.15, 0.2) is 0 Å². The van der Waals surface area contributed by atoms with Crippen molar-refractivity contribution in [2.45, 2.75) is 135 Å². The zero-order chi connectivity index (χ0) is 19.5. The first kappa shape index (κ1) is 25.9. The van der Waals surface area contributed by atoms with Crippen LogP contribution in [0, 0.1) is 5.92 Å². The van der Waals surface area contributed by atoms with Crippen LogP contribution in [0.4, 0.5) is 0 Å². The minimum absolute atomic E-state index is 0.349. The lowest BCUT2D eigenvalue weighted by molar-refractivity contribution is 0.342. The van der Waals surface area contributed by atoms with Gasteiger partial charge in [-0.25, -0.2) is 0 Å². The molecule has 0 heterocycles. The van der Waals surface area contributed by atoms with E-state index in [4.69, 9.17) is 17.2 Å². The fourth-order valence-electron chi connectivity index (χ4n) is 3.97. The van der Waals surface area contributed by atoms with E-state index in [1.807, 2.05) is 0 Å². The largest absolute Gasteiger partial charge is 0.330 e. The summed E-state index contributed by atoms with van der Waals surface area (Å²) in [6.07, 6.45) is 22.0. The molecular weight excluding hydrogens is 318 g/mol. The number of unbranched alkanes of at least 4 members (excludes halogenated alkanes) is 7. The second-order valence-corrected chi connectivity index (χ2v) is 8.54. The predicted molar refractivity (Wildman–Crippen MR) is 118 cm³/mol. The lowest BCUT2D eigenvalue weighted by Gasteiger charge is -2.21. The standard InChI is InChI=1S/C23H51N3/c1-3-5-7-8-9-10-14-21(20-23(26)16-6-4-2)15-11-12-17-22(25)18-13-19-24/h21-23H,3-20,24-26H2,1-2H3. The minimum atomic E-state index is 0.349. The Hall–Kier alpha value is -0.120. The van der Waals surface area contributed by atoms with Crippen LogP contribution in [0.2, 0.25) is 0 Å². The van der Waals surface area contributed by atoms with Gasteiger partial charge in [-0.1, -0.05) is 90.9 Å². The molecule has 0 saturated heterocycles. The summed E-state index contributed by atoms with van der Waals surface area (Å²) in [5, 5.41) is 0. The van der Waals surface area contributed by atoms with Crippen LogP contribution in [0.25, 0.3) is 0 Å². The lowest BCUT2D eigenvalue weighted by atomic mass is 9.87. The highest BCUT2D eigenvalue weighted by atomic mass is 14.6. The van der Waals surface area contributed by atoms with E-state index in [0.29, 0.717) is 12.1 Å². The average molecular weight is 370 g/mol. The van der Waals surface area contributed by atoms with Gasteiger partial charge in [0.05, 0.1) is 0 Å². The van der Waals surface area contributed by atoms with E-state index in [-0.39, 0.29) is 0 Å². The second kappa shape index (κ2) is 19.6. The molecule has 0 saturated carbocycles. The van der Waals surface area contributed by atoms with Crippen molar-refractivity contribution in [3.63, 3.8) is 0 Å². The summed E-state index contributed by atoms with van der Waals surface area (Å²) in [7, 11) is 0. The molecule has 6 N–H and O–H groups in total. The van der Waals surface area contributed by atoms with Crippen molar-refractivity contribution < 1.29 is 0 Å². The third-order valence-corrected chi connectivity index (χ3v) is 5.75. The summed E-state index contributed by atoms with van der Waals surface area (Å²) in [5.74, 6) is 0.827. The lowest BCUT2D eigenvalue weighted by Crippen LogP contribution is -2.24. The van der Waals surface area contributed by atoms with Crippen LogP contribution >= 0.6 is 0 Å². The SMILES string of the molecule is CCCCCCCCC(CCCCC(N)CCCN)CC(N)CCCC. The van der Waals surface area contributed by atoms with E-state index in [1.54, 1.807) is 0 Å². The molecule has 3 atom stereocenters. The Morgan fingerprint density at radius 2 is 1.04 bits per heavy atom. The first-order valence-electron chi connectivity index (χ1n) is 11.8. The molecule has 0 rings (SSSR count). The molecule has 0 amide bonds. The number of hydrogen-bond acceptors (Lipinski definition) is 3. The van der Waals surface area contributed by atoms with Crippen LogP contribution in [0.1, 0.15) is 123 Å². The van der Waals surface area contributed by atoms with E-state index < -0.39 is 0 Å². The molecule has 0 fully saturated rings. The molecule has 26 heavy (non-hydrogen) atoms. The first-order chi connectivity index (χ1) is 12.6. The Labute approximate surface area is 165 Å². The van der Waals surface area contributed by atoms with E-state index in [9.17, 15) is 0 Å². The summed E-state index contributed by atoms with van der Waals surface area (Å²) in [5.41, 5.74) is 18.2. The summed E-state index contributed by atoms with van der Waals surface area (Å²) in [4.78, 5) is 0. The van der Waals surface area contributed by atoms with Gasteiger partial charge in [-0.2, -0.15) is 0 Å². The van der Waals surface area contributed by atoms with Gasteiger partial charge in [0, 0.05) is 12.1 Å². The fourth-order valence-corrected chi connectivity index (χ4v) is 3.97. The van der Waals surface area contributed by atoms with Gasteiger partial charge in [0.2, 0.25) is 0 Å². The Balaban J connectivity index is 4.02. The second-order valence-electron chi connectivity index (χ2n) is 8.54. The third kappa shape index (κ3) is 17.3. The van der Waals surface area contributed by atoms with Gasteiger partial charge in [-0.3, -0.25) is 0 Å². The molecule has 0 aliphatic heterocycles. The molecule has 0 aromatic heterocycles. The van der Waals surface area contributed by atoms with E-state index >= 15 is 0 Å². The third-order valence-electron chi connectivity index (χ3n) is 5.75. The van der Waals surface area contributed by atoms with Gasteiger partial charge in [-0.05, 0) is 44.6 Å². The van der Waals surface area contributed by atoms with Crippen molar-refractivity contribution in [2.24, 2.45) is 23.1 Å². The zero-order valence-electron chi connectivity index (χ0n) is 18.2. The van der Waals surface area contributed by atoms with Gasteiger partial charge in [-0.15, -0.1) is 0 Å². The smallest absolute Gasteiger partial charge is 0.00414 e. The molecule has 3 heteroatoms. The normalized spacial score (nSPS) is 15.1. The predicted octanol–water partition coefficient (Wildman–Crippen LogP) is 5.89. The molecule has 0 aliphatic carbocycles. The van der Waals surface area contributed by atoms with Crippen LogP contribution in [0.5, 0.6) is 0 Å². The maximum absolute atomic E-state index is 6.41. The Morgan fingerprint density at radius 1 is 0.538 bits per heavy atom. The van der Waals surface area contributed by atoms with E-state index in [2.05, 4.69) is 13.8 Å². The number of nitrogens with two attached hydrogens (primary N) is 3. The Bertz CT molecular complexity index is 270.